The Bertz CT molecular complexity index is 443. The van der Waals surface area contributed by atoms with Gasteiger partial charge in [-0.15, -0.1) is 0 Å². The predicted molar refractivity (Wildman–Crippen MR) is 50.1 cm³/mol. The molecule has 0 aliphatic carbocycles. The normalized spacial score (nSPS) is 12.8. The third-order valence-corrected chi connectivity index (χ3v) is 2.27. The SMILES string of the molecule is O=C(O)CCc1c(O)c(F)cc2c1OCO2. The molecule has 0 unspecified atom stereocenters. The second kappa shape index (κ2) is 3.88. The average Bonchev–Trinajstić information content (AvgIpc) is 2.65. The molecule has 1 heterocycles. The van der Waals surface area contributed by atoms with Crippen LogP contribution in [0.3, 0.4) is 0 Å². The molecule has 1 aliphatic heterocycles. The van der Waals surface area contributed by atoms with Gasteiger partial charge in [-0.2, -0.15) is 0 Å². The van der Waals surface area contributed by atoms with Crippen molar-refractivity contribution in [3.05, 3.63) is 17.4 Å². The standard InChI is InChI=1S/C10H9FO5/c11-6-3-7-10(16-4-15-7)5(9(6)14)1-2-8(12)13/h3,14H,1-2,4H2,(H,12,13). The first-order chi connectivity index (χ1) is 7.59. The highest BCUT2D eigenvalue weighted by Crippen LogP contribution is 2.42. The number of benzene rings is 1. The maximum Gasteiger partial charge on any atom is 0.303 e. The summed E-state index contributed by atoms with van der Waals surface area (Å²) in [5, 5.41) is 18.0. The van der Waals surface area contributed by atoms with Gasteiger partial charge in [-0.05, 0) is 6.42 Å². The van der Waals surface area contributed by atoms with Crippen LogP contribution in [0, 0.1) is 5.82 Å². The van der Waals surface area contributed by atoms with Gasteiger partial charge in [-0.25, -0.2) is 4.39 Å². The quantitative estimate of drug-likeness (QED) is 0.814. The Morgan fingerprint density at radius 2 is 2.25 bits per heavy atom. The lowest BCUT2D eigenvalue weighted by Gasteiger charge is -2.07. The number of hydrogen-bond donors (Lipinski definition) is 2. The molecular weight excluding hydrogens is 219 g/mol. The van der Waals surface area contributed by atoms with Gasteiger partial charge in [0.2, 0.25) is 6.79 Å². The van der Waals surface area contributed by atoms with Crippen molar-refractivity contribution in [1.82, 2.24) is 0 Å². The summed E-state index contributed by atoms with van der Waals surface area (Å²) in [7, 11) is 0. The molecule has 2 rings (SSSR count). The lowest BCUT2D eigenvalue weighted by molar-refractivity contribution is -0.136. The predicted octanol–water partition coefficient (Wildman–Crippen LogP) is 1.28. The monoisotopic (exact) mass is 228 g/mol. The Balaban J connectivity index is 2.38. The fourth-order valence-electron chi connectivity index (χ4n) is 1.53. The molecule has 0 spiro atoms. The number of aliphatic carboxylic acids is 1. The van der Waals surface area contributed by atoms with E-state index in [9.17, 15) is 14.3 Å². The fraction of sp³-hybridized carbons (Fsp3) is 0.300. The van der Waals surface area contributed by atoms with Crippen LogP contribution in [0.5, 0.6) is 17.2 Å². The van der Waals surface area contributed by atoms with E-state index in [1.165, 1.54) is 0 Å². The number of rotatable bonds is 3. The second-order valence-corrected chi connectivity index (χ2v) is 3.31. The Labute approximate surface area is 90.0 Å². The summed E-state index contributed by atoms with van der Waals surface area (Å²) >= 11 is 0. The van der Waals surface area contributed by atoms with Crippen LogP contribution < -0.4 is 9.47 Å². The minimum Gasteiger partial charge on any atom is -0.505 e. The third-order valence-electron chi connectivity index (χ3n) is 2.27. The van der Waals surface area contributed by atoms with Gasteiger partial charge in [-0.3, -0.25) is 4.79 Å². The zero-order valence-electron chi connectivity index (χ0n) is 8.20. The van der Waals surface area contributed by atoms with E-state index in [4.69, 9.17) is 14.6 Å². The van der Waals surface area contributed by atoms with Crippen LogP contribution in [-0.2, 0) is 11.2 Å². The van der Waals surface area contributed by atoms with Crippen LogP contribution in [0.15, 0.2) is 6.07 Å². The van der Waals surface area contributed by atoms with Gasteiger partial charge in [0, 0.05) is 18.1 Å². The van der Waals surface area contributed by atoms with Gasteiger partial charge in [0.15, 0.2) is 23.1 Å². The molecule has 1 aromatic rings. The maximum atomic E-state index is 13.2. The largest absolute Gasteiger partial charge is 0.505 e. The van der Waals surface area contributed by atoms with Crippen LogP contribution in [0.25, 0.3) is 0 Å². The highest BCUT2D eigenvalue weighted by molar-refractivity contribution is 5.68. The zero-order chi connectivity index (χ0) is 11.7. The summed E-state index contributed by atoms with van der Waals surface area (Å²) in [5.74, 6) is -2.04. The molecule has 0 radical (unpaired) electrons. The van der Waals surface area contributed by atoms with Gasteiger partial charge in [0.25, 0.3) is 0 Å². The van der Waals surface area contributed by atoms with E-state index in [1.54, 1.807) is 0 Å². The molecule has 5 nitrogen and oxygen atoms in total. The van der Waals surface area contributed by atoms with E-state index in [1.807, 2.05) is 0 Å². The number of halogens is 1. The Morgan fingerprint density at radius 1 is 1.50 bits per heavy atom. The highest BCUT2D eigenvalue weighted by Gasteiger charge is 2.24. The van der Waals surface area contributed by atoms with Gasteiger partial charge in [0.1, 0.15) is 0 Å². The minimum absolute atomic E-state index is 0.00931. The van der Waals surface area contributed by atoms with Crippen molar-refractivity contribution in [3.63, 3.8) is 0 Å². The van der Waals surface area contributed by atoms with Crippen molar-refractivity contribution in [2.75, 3.05) is 6.79 Å². The van der Waals surface area contributed by atoms with Gasteiger partial charge in [0.05, 0.1) is 0 Å². The van der Waals surface area contributed by atoms with Crippen molar-refractivity contribution >= 4 is 5.97 Å². The lowest BCUT2D eigenvalue weighted by Crippen LogP contribution is -2.00. The van der Waals surface area contributed by atoms with Crippen LogP contribution in [0.1, 0.15) is 12.0 Å². The number of aromatic hydroxyl groups is 1. The number of phenols is 1. The Morgan fingerprint density at radius 3 is 2.94 bits per heavy atom. The first-order valence-corrected chi connectivity index (χ1v) is 4.61. The molecule has 0 aromatic heterocycles. The van der Waals surface area contributed by atoms with Crippen molar-refractivity contribution < 1.29 is 28.9 Å². The number of hydrogen-bond acceptors (Lipinski definition) is 4. The molecule has 16 heavy (non-hydrogen) atoms. The van der Waals surface area contributed by atoms with E-state index >= 15 is 0 Å². The Hall–Kier alpha value is -1.98. The lowest BCUT2D eigenvalue weighted by atomic mass is 10.1. The summed E-state index contributed by atoms with van der Waals surface area (Å²) in [6, 6.07) is 1.02. The summed E-state index contributed by atoms with van der Waals surface area (Å²) in [5.41, 5.74) is 0.134. The molecule has 1 aliphatic rings. The molecule has 86 valence electrons. The van der Waals surface area contributed by atoms with Crippen LogP contribution in [-0.4, -0.2) is 23.0 Å². The molecule has 0 bridgehead atoms. The summed E-state index contributed by atoms with van der Waals surface area (Å²) in [6.45, 7) is -0.0572. The number of ether oxygens (including phenoxy) is 2. The summed E-state index contributed by atoms with van der Waals surface area (Å²) in [6.07, 6.45) is -0.225. The summed E-state index contributed by atoms with van der Waals surface area (Å²) in [4.78, 5) is 10.4. The smallest absolute Gasteiger partial charge is 0.303 e. The van der Waals surface area contributed by atoms with Crippen molar-refractivity contribution in [2.24, 2.45) is 0 Å². The average molecular weight is 228 g/mol. The molecule has 0 amide bonds. The molecular formula is C10H9FO5. The maximum absolute atomic E-state index is 13.2. The van der Waals surface area contributed by atoms with Gasteiger partial charge >= 0.3 is 5.97 Å². The van der Waals surface area contributed by atoms with E-state index in [0.717, 1.165) is 6.07 Å². The van der Waals surface area contributed by atoms with E-state index in [0.29, 0.717) is 0 Å². The molecule has 1 aromatic carbocycles. The van der Waals surface area contributed by atoms with Gasteiger partial charge < -0.3 is 19.7 Å². The zero-order valence-corrected chi connectivity index (χ0v) is 8.20. The molecule has 2 N–H and O–H groups in total. The third kappa shape index (κ3) is 1.73. The van der Waals surface area contributed by atoms with Crippen molar-refractivity contribution in [1.29, 1.82) is 0 Å². The number of carboxylic acids is 1. The van der Waals surface area contributed by atoms with Crippen LogP contribution in [0.4, 0.5) is 4.39 Å². The number of carbonyl (C=O) groups is 1. The molecule has 0 atom stereocenters. The number of phenolic OH excluding ortho intramolecular Hbond substituents is 1. The number of carboxylic acid groups (broad SMARTS) is 1. The van der Waals surface area contributed by atoms with Crippen molar-refractivity contribution in [2.45, 2.75) is 12.8 Å². The van der Waals surface area contributed by atoms with E-state index in [2.05, 4.69) is 0 Å². The molecule has 0 saturated carbocycles. The second-order valence-electron chi connectivity index (χ2n) is 3.31. The minimum atomic E-state index is -1.03. The number of fused-ring (bicyclic) bond motifs is 1. The fourth-order valence-corrected chi connectivity index (χ4v) is 1.53. The topological polar surface area (TPSA) is 76.0 Å². The van der Waals surface area contributed by atoms with E-state index < -0.39 is 17.5 Å². The highest BCUT2D eigenvalue weighted by atomic mass is 19.1. The molecule has 0 fully saturated rings. The van der Waals surface area contributed by atoms with Crippen LogP contribution >= 0.6 is 0 Å². The van der Waals surface area contributed by atoms with Crippen molar-refractivity contribution in [3.8, 4) is 17.2 Å². The Kier molecular flexibility index (Phi) is 2.55. The molecule has 6 heteroatoms. The summed E-state index contributed by atoms with van der Waals surface area (Å²) < 4.78 is 23.2. The first kappa shape index (κ1) is 10.5. The van der Waals surface area contributed by atoms with Crippen LogP contribution in [0.2, 0.25) is 0 Å². The first-order valence-electron chi connectivity index (χ1n) is 4.61. The molecule has 0 saturated heterocycles. The van der Waals surface area contributed by atoms with Gasteiger partial charge in [-0.1, -0.05) is 0 Å². The van der Waals surface area contributed by atoms with E-state index in [-0.39, 0.29) is 36.7 Å².